The lowest BCUT2D eigenvalue weighted by molar-refractivity contribution is -0.142. The number of benzene rings is 1. The molecule has 0 aliphatic rings. The molecule has 0 saturated heterocycles. The minimum atomic E-state index is -4.39. The highest BCUT2D eigenvalue weighted by Crippen LogP contribution is 2.35. The van der Waals surface area contributed by atoms with Crippen LogP contribution in [0.1, 0.15) is 16.2 Å². The SMILES string of the molecule is Cn1c(C(F)(F)C(F)F)nc2cc(C(=O)O)ccc21. The van der Waals surface area contributed by atoms with Gasteiger partial charge in [-0.25, -0.2) is 18.6 Å². The van der Waals surface area contributed by atoms with Crippen LogP contribution in [0, 0.1) is 0 Å². The fourth-order valence-corrected chi connectivity index (χ4v) is 1.73. The lowest BCUT2D eigenvalue weighted by atomic mass is 10.2. The summed E-state index contributed by atoms with van der Waals surface area (Å²) in [6, 6.07) is 3.50. The molecule has 8 heteroatoms. The van der Waals surface area contributed by atoms with E-state index in [1.165, 1.54) is 19.2 Å². The van der Waals surface area contributed by atoms with E-state index < -0.39 is 24.1 Å². The van der Waals surface area contributed by atoms with Crippen LogP contribution in [0.15, 0.2) is 18.2 Å². The van der Waals surface area contributed by atoms with Crippen molar-refractivity contribution in [1.82, 2.24) is 9.55 Å². The molecular formula is C11H8F4N2O2. The van der Waals surface area contributed by atoms with Gasteiger partial charge in [0.1, 0.15) is 0 Å². The van der Waals surface area contributed by atoms with Crippen LogP contribution >= 0.6 is 0 Å². The highest BCUT2D eigenvalue weighted by Gasteiger charge is 2.46. The molecule has 2 aromatic rings. The average molecular weight is 276 g/mol. The smallest absolute Gasteiger partial charge is 0.364 e. The van der Waals surface area contributed by atoms with Gasteiger partial charge in [-0.2, -0.15) is 8.78 Å². The van der Waals surface area contributed by atoms with Crippen LogP contribution < -0.4 is 0 Å². The van der Waals surface area contributed by atoms with Crippen molar-refractivity contribution in [3.05, 3.63) is 29.6 Å². The van der Waals surface area contributed by atoms with Crippen molar-refractivity contribution in [2.24, 2.45) is 7.05 Å². The molecule has 0 radical (unpaired) electrons. The number of hydrogen-bond acceptors (Lipinski definition) is 2. The second kappa shape index (κ2) is 4.22. The number of fused-ring (bicyclic) bond motifs is 1. The van der Waals surface area contributed by atoms with E-state index in [0.29, 0.717) is 0 Å². The predicted octanol–water partition coefficient (Wildman–Crippen LogP) is 2.63. The third kappa shape index (κ3) is 2.02. The molecule has 0 unspecified atom stereocenters. The lowest BCUT2D eigenvalue weighted by Crippen LogP contribution is -2.27. The van der Waals surface area contributed by atoms with Crippen molar-refractivity contribution < 1.29 is 27.5 Å². The predicted molar refractivity (Wildman–Crippen MR) is 57.6 cm³/mol. The summed E-state index contributed by atoms with van der Waals surface area (Å²) in [4.78, 5) is 14.2. The lowest BCUT2D eigenvalue weighted by Gasteiger charge is -2.14. The Balaban J connectivity index is 2.66. The molecule has 1 N–H and O–H groups in total. The van der Waals surface area contributed by atoms with Gasteiger partial charge in [-0.05, 0) is 18.2 Å². The number of aromatic nitrogens is 2. The van der Waals surface area contributed by atoms with Gasteiger partial charge in [0.2, 0.25) is 0 Å². The van der Waals surface area contributed by atoms with Gasteiger partial charge in [-0.3, -0.25) is 0 Å². The van der Waals surface area contributed by atoms with Gasteiger partial charge in [0.05, 0.1) is 16.6 Å². The molecule has 0 spiro atoms. The molecular weight excluding hydrogens is 268 g/mol. The summed E-state index contributed by atoms with van der Waals surface area (Å²) in [6.45, 7) is 0. The number of rotatable bonds is 3. The van der Waals surface area contributed by atoms with E-state index in [1.807, 2.05) is 0 Å². The topological polar surface area (TPSA) is 55.1 Å². The van der Waals surface area contributed by atoms with E-state index in [0.717, 1.165) is 10.6 Å². The molecule has 102 valence electrons. The van der Waals surface area contributed by atoms with Crippen molar-refractivity contribution in [3.8, 4) is 0 Å². The van der Waals surface area contributed by atoms with E-state index in [9.17, 15) is 22.4 Å². The van der Waals surface area contributed by atoms with Crippen molar-refractivity contribution in [3.63, 3.8) is 0 Å². The largest absolute Gasteiger partial charge is 0.478 e. The summed E-state index contributed by atoms with van der Waals surface area (Å²) >= 11 is 0. The zero-order chi connectivity index (χ0) is 14.4. The van der Waals surface area contributed by atoms with Gasteiger partial charge >= 0.3 is 18.3 Å². The van der Waals surface area contributed by atoms with E-state index in [1.54, 1.807) is 0 Å². The molecule has 0 aliphatic carbocycles. The number of halogens is 4. The molecule has 1 heterocycles. The van der Waals surface area contributed by atoms with Crippen LogP contribution in [-0.2, 0) is 13.0 Å². The summed E-state index contributed by atoms with van der Waals surface area (Å²) in [7, 11) is 1.17. The molecule has 0 fully saturated rings. The summed E-state index contributed by atoms with van der Waals surface area (Å²) in [6.07, 6.45) is -3.89. The fraction of sp³-hybridized carbons (Fsp3) is 0.273. The molecule has 4 nitrogen and oxygen atoms in total. The van der Waals surface area contributed by atoms with Crippen LogP contribution in [0.3, 0.4) is 0 Å². The van der Waals surface area contributed by atoms with Gasteiger partial charge in [-0.15, -0.1) is 0 Å². The van der Waals surface area contributed by atoms with Crippen LogP contribution in [0.2, 0.25) is 0 Å². The van der Waals surface area contributed by atoms with Crippen molar-refractivity contribution >= 4 is 17.0 Å². The Morgan fingerprint density at radius 1 is 1.42 bits per heavy atom. The first-order chi connectivity index (χ1) is 8.75. The Hall–Kier alpha value is -2.12. The highest BCUT2D eigenvalue weighted by molar-refractivity contribution is 5.92. The number of carboxylic acids is 1. The van der Waals surface area contributed by atoms with E-state index >= 15 is 0 Å². The molecule has 0 aliphatic heterocycles. The minimum Gasteiger partial charge on any atom is -0.478 e. The number of hydrogen-bond donors (Lipinski definition) is 1. The highest BCUT2D eigenvalue weighted by atomic mass is 19.3. The molecule has 0 atom stereocenters. The van der Waals surface area contributed by atoms with Crippen LogP contribution in [-0.4, -0.2) is 27.1 Å². The quantitative estimate of drug-likeness (QED) is 0.877. The maximum atomic E-state index is 13.3. The van der Waals surface area contributed by atoms with Crippen LogP contribution in [0.5, 0.6) is 0 Å². The van der Waals surface area contributed by atoms with Crippen molar-refractivity contribution in [2.75, 3.05) is 0 Å². The van der Waals surface area contributed by atoms with Gasteiger partial charge in [-0.1, -0.05) is 0 Å². The second-order valence-corrected chi connectivity index (χ2v) is 3.93. The van der Waals surface area contributed by atoms with Gasteiger partial charge < -0.3 is 9.67 Å². The fourth-order valence-electron chi connectivity index (χ4n) is 1.73. The molecule has 0 amide bonds. The Morgan fingerprint density at radius 3 is 2.58 bits per heavy atom. The van der Waals surface area contributed by atoms with Gasteiger partial charge in [0, 0.05) is 7.05 Å². The summed E-state index contributed by atoms with van der Waals surface area (Å²) < 4.78 is 52.0. The van der Waals surface area contributed by atoms with Crippen molar-refractivity contribution in [1.29, 1.82) is 0 Å². The molecule has 1 aromatic heterocycles. The third-order valence-corrected chi connectivity index (χ3v) is 2.70. The standard InChI is InChI=1S/C11H8F4N2O2/c1-17-7-3-2-5(8(18)19)4-6(7)16-10(17)11(14,15)9(12)13/h2-4,9H,1H3,(H,18,19). The zero-order valence-corrected chi connectivity index (χ0v) is 9.57. The van der Waals surface area contributed by atoms with Crippen LogP contribution in [0.4, 0.5) is 17.6 Å². The molecule has 0 saturated carbocycles. The van der Waals surface area contributed by atoms with Crippen LogP contribution in [0.25, 0.3) is 11.0 Å². The van der Waals surface area contributed by atoms with E-state index in [-0.39, 0.29) is 16.6 Å². The first kappa shape index (κ1) is 13.3. The number of alkyl halides is 4. The molecule has 1 aromatic carbocycles. The number of aromatic carboxylic acids is 1. The number of nitrogens with zero attached hydrogens (tertiary/aromatic N) is 2. The van der Waals surface area contributed by atoms with E-state index in [2.05, 4.69) is 4.98 Å². The minimum absolute atomic E-state index is 0.0716. The second-order valence-electron chi connectivity index (χ2n) is 3.93. The van der Waals surface area contributed by atoms with Gasteiger partial charge in [0.15, 0.2) is 5.82 Å². The summed E-state index contributed by atoms with van der Waals surface area (Å²) in [5.74, 6) is -6.74. The molecule has 19 heavy (non-hydrogen) atoms. The number of aryl methyl sites for hydroxylation is 1. The van der Waals surface area contributed by atoms with Gasteiger partial charge in [0.25, 0.3) is 0 Å². The Morgan fingerprint density at radius 2 is 2.05 bits per heavy atom. The monoisotopic (exact) mass is 276 g/mol. The normalized spacial score (nSPS) is 12.3. The number of carbonyl (C=O) groups is 1. The maximum Gasteiger partial charge on any atom is 0.364 e. The average Bonchev–Trinajstić information content (AvgIpc) is 2.66. The summed E-state index contributed by atoms with van der Waals surface area (Å²) in [5.41, 5.74) is -0.0736. The number of carboxylic acid groups (broad SMARTS) is 1. The Labute approximate surface area is 104 Å². The Bertz CT molecular complexity index is 651. The summed E-state index contributed by atoms with van der Waals surface area (Å²) in [5, 5.41) is 8.77. The first-order valence-corrected chi connectivity index (χ1v) is 5.11. The molecule has 0 bridgehead atoms. The zero-order valence-electron chi connectivity index (χ0n) is 9.57. The van der Waals surface area contributed by atoms with E-state index in [4.69, 9.17) is 5.11 Å². The molecule has 2 rings (SSSR count). The first-order valence-electron chi connectivity index (χ1n) is 5.11. The Kier molecular flexibility index (Phi) is 2.95. The third-order valence-electron chi connectivity index (χ3n) is 2.70. The number of imidazole rings is 1. The van der Waals surface area contributed by atoms with Crippen molar-refractivity contribution in [2.45, 2.75) is 12.3 Å². The maximum absolute atomic E-state index is 13.3.